The van der Waals surface area contributed by atoms with E-state index >= 15 is 0 Å². The Bertz CT molecular complexity index is 1010. The lowest BCUT2D eigenvalue weighted by atomic mass is 9.97. The first-order valence-corrected chi connectivity index (χ1v) is 9.79. The lowest BCUT2D eigenvalue weighted by Gasteiger charge is -2.30. The fourth-order valence-corrected chi connectivity index (χ4v) is 3.54. The van der Waals surface area contributed by atoms with E-state index in [4.69, 9.17) is 16.1 Å². The average Bonchev–Trinajstić information content (AvgIpc) is 3.21. The number of carbonyl (C=O) groups excluding carboxylic acids is 1. The Morgan fingerprint density at radius 1 is 1.21 bits per heavy atom. The molecule has 1 aliphatic rings. The van der Waals surface area contributed by atoms with Gasteiger partial charge in [-0.15, -0.1) is 0 Å². The van der Waals surface area contributed by atoms with Crippen LogP contribution < -0.4 is 5.32 Å². The molecule has 0 aliphatic carbocycles. The minimum absolute atomic E-state index is 0.0864. The molecule has 8 heteroatoms. The Morgan fingerprint density at radius 3 is 2.66 bits per heavy atom. The zero-order valence-corrected chi connectivity index (χ0v) is 16.6. The summed E-state index contributed by atoms with van der Waals surface area (Å²) in [6, 6.07) is 11.3. The van der Waals surface area contributed by atoms with Gasteiger partial charge in [0.05, 0.1) is 10.7 Å². The summed E-state index contributed by atoms with van der Waals surface area (Å²) in [5, 5.41) is 7.39. The average molecular weight is 415 g/mol. The van der Waals surface area contributed by atoms with Gasteiger partial charge in [-0.3, -0.25) is 0 Å². The summed E-state index contributed by atoms with van der Waals surface area (Å²) < 4.78 is 18.5. The summed E-state index contributed by atoms with van der Waals surface area (Å²) in [4.78, 5) is 18.8. The van der Waals surface area contributed by atoms with Crippen molar-refractivity contribution in [3.63, 3.8) is 0 Å². The number of rotatable bonds is 3. The zero-order valence-electron chi connectivity index (χ0n) is 15.9. The van der Waals surface area contributed by atoms with Crippen molar-refractivity contribution in [2.75, 3.05) is 18.4 Å². The van der Waals surface area contributed by atoms with Crippen molar-refractivity contribution in [3.05, 3.63) is 64.8 Å². The number of halogens is 2. The molecule has 1 saturated heterocycles. The molecule has 0 unspecified atom stereocenters. The van der Waals surface area contributed by atoms with Gasteiger partial charge >= 0.3 is 6.03 Å². The molecule has 2 amide bonds. The van der Waals surface area contributed by atoms with Gasteiger partial charge in [0, 0.05) is 24.6 Å². The topological polar surface area (TPSA) is 71.3 Å². The van der Waals surface area contributed by atoms with Crippen LogP contribution in [0, 0.1) is 12.7 Å². The van der Waals surface area contributed by atoms with Crippen molar-refractivity contribution in [2.24, 2.45) is 0 Å². The minimum atomic E-state index is -0.310. The molecular formula is C21H20ClFN4O2. The Labute approximate surface area is 172 Å². The van der Waals surface area contributed by atoms with Gasteiger partial charge in [0.15, 0.2) is 0 Å². The Balaban J connectivity index is 1.36. The van der Waals surface area contributed by atoms with E-state index in [-0.39, 0.29) is 17.8 Å². The van der Waals surface area contributed by atoms with Gasteiger partial charge in [-0.05, 0) is 61.7 Å². The van der Waals surface area contributed by atoms with Crippen molar-refractivity contribution in [1.82, 2.24) is 15.0 Å². The van der Waals surface area contributed by atoms with Gasteiger partial charge in [0.1, 0.15) is 5.82 Å². The predicted molar refractivity (Wildman–Crippen MR) is 108 cm³/mol. The summed E-state index contributed by atoms with van der Waals surface area (Å²) >= 11 is 6.16. The lowest BCUT2D eigenvalue weighted by Crippen LogP contribution is -2.40. The third kappa shape index (κ3) is 4.40. The number of nitrogens with zero attached hydrogens (tertiary/aromatic N) is 3. The van der Waals surface area contributed by atoms with Crippen LogP contribution in [0.25, 0.3) is 11.4 Å². The second-order valence-electron chi connectivity index (χ2n) is 7.14. The van der Waals surface area contributed by atoms with Gasteiger partial charge in [0.2, 0.25) is 11.7 Å². The van der Waals surface area contributed by atoms with Crippen LogP contribution in [-0.4, -0.2) is 34.2 Å². The second-order valence-corrected chi connectivity index (χ2v) is 7.55. The van der Waals surface area contributed by atoms with Gasteiger partial charge in [0.25, 0.3) is 0 Å². The van der Waals surface area contributed by atoms with E-state index in [1.165, 1.54) is 12.1 Å². The van der Waals surface area contributed by atoms with E-state index in [9.17, 15) is 9.18 Å². The summed E-state index contributed by atoms with van der Waals surface area (Å²) in [5.74, 6) is 0.763. The van der Waals surface area contributed by atoms with Crippen LogP contribution >= 0.6 is 11.6 Å². The zero-order chi connectivity index (χ0) is 20.4. The van der Waals surface area contributed by atoms with E-state index in [1.54, 1.807) is 23.1 Å². The van der Waals surface area contributed by atoms with Crippen LogP contribution in [0.5, 0.6) is 0 Å². The highest BCUT2D eigenvalue weighted by Gasteiger charge is 2.28. The molecule has 0 saturated carbocycles. The minimum Gasteiger partial charge on any atom is -0.339 e. The number of aryl methyl sites for hydroxylation is 1. The Hall–Kier alpha value is -2.93. The van der Waals surface area contributed by atoms with Gasteiger partial charge in [-0.1, -0.05) is 22.8 Å². The third-order valence-corrected chi connectivity index (χ3v) is 5.37. The molecule has 3 aromatic rings. The Morgan fingerprint density at radius 2 is 1.93 bits per heavy atom. The lowest BCUT2D eigenvalue weighted by molar-refractivity contribution is 0.187. The van der Waals surface area contributed by atoms with Crippen LogP contribution in [-0.2, 0) is 0 Å². The van der Waals surface area contributed by atoms with Crippen LogP contribution in [0.1, 0.15) is 30.2 Å². The van der Waals surface area contributed by atoms with Gasteiger partial charge in [-0.2, -0.15) is 4.98 Å². The summed E-state index contributed by atoms with van der Waals surface area (Å²) in [6.07, 6.45) is 1.44. The number of carbonyl (C=O) groups is 1. The number of hydrogen-bond acceptors (Lipinski definition) is 4. The molecular weight excluding hydrogens is 395 g/mol. The number of urea groups is 1. The first kappa shape index (κ1) is 19.4. The van der Waals surface area contributed by atoms with Crippen molar-refractivity contribution in [1.29, 1.82) is 0 Å². The number of hydrogen-bond donors (Lipinski definition) is 1. The molecule has 2 heterocycles. The fraction of sp³-hybridized carbons (Fsp3) is 0.286. The third-order valence-electron chi connectivity index (χ3n) is 5.04. The Kier molecular flexibility index (Phi) is 5.49. The quantitative estimate of drug-likeness (QED) is 0.635. The number of likely N-dealkylation sites (tertiary alicyclic amines) is 1. The maximum absolute atomic E-state index is 13.1. The van der Waals surface area contributed by atoms with E-state index in [1.807, 2.05) is 19.1 Å². The standard InChI is InChI=1S/C21H20ClFN4O2/c1-13-2-7-17(22)18(12-13)24-21(28)27-10-8-15(9-11-27)20-25-19(26-29-20)14-3-5-16(23)6-4-14/h2-7,12,15H,8-11H2,1H3,(H,24,28). The second kappa shape index (κ2) is 8.21. The normalized spacial score (nSPS) is 14.8. The van der Waals surface area contributed by atoms with Gasteiger partial charge in [-0.25, -0.2) is 9.18 Å². The molecule has 150 valence electrons. The molecule has 1 aliphatic heterocycles. The van der Waals surface area contributed by atoms with E-state index in [0.29, 0.717) is 41.1 Å². The highest BCUT2D eigenvalue weighted by molar-refractivity contribution is 6.33. The molecule has 0 radical (unpaired) electrons. The van der Waals surface area contributed by atoms with Gasteiger partial charge < -0.3 is 14.7 Å². The molecule has 1 aromatic heterocycles. The molecule has 2 aromatic carbocycles. The molecule has 6 nitrogen and oxygen atoms in total. The van der Waals surface area contributed by atoms with Crippen LogP contribution in [0.2, 0.25) is 5.02 Å². The molecule has 0 spiro atoms. The number of nitrogens with one attached hydrogen (secondary N) is 1. The number of benzene rings is 2. The predicted octanol–water partition coefficient (Wildman–Crippen LogP) is 5.25. The molecule has 1 N–H and O–H groups in total. The maximum atomic E-state index is 13.1. The number of aromatic nitrogens is 2. The van der Waals surface area contributed by atoms with E-state index in [2.05, 4.69) is 15.5 Å². The smallest absolute Gasteiger partial charge is 0.321 e. The number of piperidine rings is 1. The monoisotopic (exact) mass is 414 g/mol. The molecule has 0 bridgehead atoms. The number of anilines is 1. The summed E-state index contributed by atoms with van der Waals surface area (Å²) in [6.45, 7) is 3.10. The SMILES string of the molecule is Cc1ccc(Cl)c(NC(=O)N2CCC(c3nc(-c4ccc(F)cc4)no3)CC2)c1. The van der Waals surface area contributed by atoms with Crippen LogP contribution in [0.4, 0.5) is 14.9 Å². The summed E-state index contributed by atoms with van der Waals surface area (Å²) in [7, 11) is 0. The van der Waals surface area contributed by atoms with Crippen LogP contribution in [0.3, 0.4) is 0 Å². The molecule has 1 fully saturated rings. The van der Waals surface area contributed by atoms with E-state index in [0.717, 1.165) is 18.4 Å². The van der Waals surface area contributed by atoms with Crippen molar-refractivity contribution in [2.45, 2.75) is 25.7 Å². The fourth-order valence-electron chi connectivity index (χ4n) is 3.38. The molecule has 0 atom stereocenters. The van der Waals surface area contributed by atoms with Crippen molar-refractivity contribution in [3.8, 4) is 11.4 Å². The van der Waals surface area contributed by atoms with Crippen molar-refractivity contribution < 1.29 is 13.7 Å². The highest BCUT2D eigenvalue weighted by Crippen LogP contribution is 2.29. The number of amides is 2. The largest absolute Gasteiger partial charge is 0.339 e. The molecule has 4 rings (SSSR count). The van der Waals surface area contributed by atoms with Crippen molar-refractivity contribution >= 4 is 23.3 Å². The van der Waals surface area contributed by atoms with Crippen LogP contribution in [0.15, 0.2) is 47.0 Å². The highest BCUT2D eigenvalue weighted by atomic mass is 35.5. The van der Waals surface area contributed by atoms with E-state index < -0.39 is 0 Å². The first-order valence-electron chi connectivity index (χ1n) is 9.41. The molecule has 29 heavy (non-hydrogen) atoms. The first-order chi connectivity index (χ1) is 14.0. The summed E-state index contributed by atoms with van der Waals surface area (Å²) in [5.41, 5.74) is 2.34. The maximum Gasteiger partial charge on any atom is 0.321 e.